The molecule has 455 valence electrons. The third-order valence-corrected chi connectivity index (χ3v) is 2.44. The van der Waals surface area contributed by atoms with Gasteiger partial charge in [-0.15, -0.1) is 11.8 Å². The zero-order valence-corrected chi connectivity index (χ0v) is 194. The van der Waals surface area contributed by atoms with Crippen LogP contribution in [-0.4, -0.2) is 12.6 Å². The Morgan fingerprint density at radius 2 is 0.305 bits per heavy atom. The van der Waals surface area contributed by atoms with Crippen LogP contribution in [0.3, 0.4) is 0 Å². The fourth-order valence-electron chi connectivity index (χ4n) is 0. The standard InChI is InChI=1S/C6H11.2C5H11.2C4H7O.2C4H9.5C3H7.CH3.45Y/c1-5(2)6(3)4;2*1-4-5(2)3;2*1-4(2)3-5;2*1-4(2)3;5*1-3-2;;;;;;;;;;;;;;;;;;;;;;;;;;;;;;;;;;;;;;;;;;;;;;/h6H,1-2H2,3-4H3;2*5H,1,4H2,2-3H3;2*4H,1-2H3;2*4H,1H2,2-3H3;5*3H,1-2H3;1H3;;;;;;;;;;;;;;;;;;;;;;;;;;;;;;;;;;;;;;;;;;;;;/q13*-1;;;;;;;;;;;;;;;;;;;;;;;;;;;;;;;;;;;;;;;;;;;;;. The van der Waals surface area contributed by atoms with Gasteiger partial charge in [0.25, 0.3) is 0 Å². The second kappa shape index (κ2) is 429. The minimum Gasteiger partial charge on any atom is -0.542 e. The molecule has 0 aromatic heterocycles. The zero-order chi connectivity index (χ0) is 43.0. The minimum absolute atomic E-state index is 0. The molecule has 0 aromatic rings. The predicted octanol–water partition coefficient (Wildman–Crippen LogP) is 16.7. The maximum Gasteiger partial charge on any atom is 0 e. The molecule has 2 nitrogen and oxygen atoms in total. The van der Waals surface area contributed by atoms with Gasteiger partial charge in [-0.05, 0) is 0 Å². The molecule has 0 amide bonds. The fraction of sp³-hybridized carbons (Fsp3) is 0.688. The maximum atomic E-state index is 9.38. The Bertz CT molecular complexity index is 468. The van der Waals surface area contributed by atoms with Gasteiger partial charge in [-0.1, -0.05) is 115 Å². The smallest absolute Gasteiger partial charge is 0 e. The van der Waals surface area contributed by atoms with Crippen LogP contribution in [0.5, 0.6) is 0 Å². The van der Waals surface area contributed by atoms with E-state index in [4.69, 9.17) is 0 Å². The van der Waals surface area contributed by atoms with E-state index in [1.54, 1.807) is 40.3 Å². The molecule has 0 aliphatic rings. The average molecular weight is 4710 g/mol. The molecular formula is C48H103O2Y45-13. The molecule has 0 unspecified atom stereocenters. The SMILES string of the molecule is C=C([CH2-])C(C)C.CC(C)[C-]=O.CC(C)[C-]=O.C[CH-]C.C[CH-]C.C[CH-]C.C[CH-]C.C[CH-]C.[CH2-]C(C)C.[CH2-]C(C)C.[CH2-]CC(C)C.[CH2-]CC(C)C.[CH3-].[Y].[Y].[Y].[Y].[Y].[Y].[Y].[Y].[Y].[Y].[Y].[Y].[Y].[Y].[Y].[Y].[Y].[Y].[Y].[Y].[Y].[Y].[Y].[Y].[Y].[Y].[Y].[Y].[Y].[Y].[Y].[Y].[Y].[Y].[Y].[Y].[Y].[Y].[Y].[Y].[Y].[Y].[Y].[Y].[Y]. The number of hydrogen-bond acceptors (Lipinski definition) is 2. The van der Waals surface area contributed by atoms with Crippen molar-refractivity contribution in [1.29, 1.82) is 0 Å². The van der Waals surface area contributed by atoms with E-state index in [0.29, 0.717) is 17.8 Å². The zero-order valence-electron chi connectivity index (χ0n) is 65.9. The molecular weight excluding hydrogens is 4610 g/mol. The fourth-order valence-corrected chi connectivity index (χ4v) is 0. The molecule has 0 bridgehead atoms. The van der Waals surface area contributed by atoms with Gasteiger partial charge in [-0.25, -0.2) is 19.1 Å². The number of hydrogen-bond donors (Lipinski definition) is 0. The molecule has 0 aliphatic heterocycles. The van der Waals surface area contributed by atoms with Gasteiger partial charge in [0.15, 0.2) is 0 Å². The van der Waals surface area contributed by atoms with Crippen LogP contribution in [0.15, 0.2) is 12.2 Å². The summed E-state index contributed by atoms with van der Waals surface area (Å²) in [5.41, 5.74) is 1.01. The van der Waals surface area contributed by atoms with Crippen molar-refractivity contribution in [3.05, 3.63) is 86.3 Å². The Morgan fingerprint density at radius 1 is 0.274 bits per heavy atom. The Hall–Kier alpha value is 48.6. The van der Waals surface area contributed by atoms with Gasteiger partial charge >= 0.3 is 0 Å². The third kappa shape index (κ3) is 767. The van der Waals surface area contributed by atoms with Crippen LogP contribution in [0.4, 0.5) is 0 Å². The quantitative estimate of drug-likeness (QED) is 0.257. The molecule has 0 spiro atoms. The van der Waals surface area contributed by atoms with Crippen LogP contribution >= 0.6 is 0 Å². The molecule has 0 fully saturated rings. The third-order valence-electron chi connectivity index (χ3n) is 2.44. The molecule has 0 aromatic carbocycles. The molecule has 0 rings (SSSR count). The van der Waals surface area contributed by atoms with Gasteiger partial charge in [0.05, 0.1) is 0 Å². The number of allylic oxidation sites excluding steroid dienone is 1. The molecule has 0 saturated carbocycles. The van der Waals surface area contributed by atoms with E-state index in [1.165, 1.54) is 0 Å². The van der Waals surface area contributed by atoms with Gasteiger partial charge in [-0.2, -0.15) is 93.9 Å². The molecule has 0 atom stereocenters. The van der Waals surface area contributed by atoms with Crippen molar-refractivity contribution >= 4 is 12.6 Å². The summed E-state index contributed by atoms with van der Waals surface area (Å²) in [4.78, 5) is 18.8. The summed E-state index contributed by atoms with van der Waals surface area (Å²) in [6.45, 7) is 70.1. The molecule has 0 heterocycles. The Labute approximate surface area is 1740 Å². The maximum absolute atomic E-state index is 9.38. The minimum atomic E-state index is 0. The van der Waals surface area contributed by atoms with Crippen LogP contribution < -0.4 is 0 Å². The predicted molar refractivity (Wildman–Crippen MR) is 245 cm³/mol. The van der Waals surface area contributed by atoms with Gasteiger partial charge in [0.2, 0.25) is 0 Å². The molecule has 0 N–H and O–H groups in total. The van der Waals surface area contributed by atoms with Crippen molar-refractivity contribution in [2.75, 3.05) is 0 Å². The average Bonchev–Trinajstić information content (AvgIpc) is 2.95. The summed E-state index contributed by atoms with van der Waals surface area (Å²) in [7, 11) is 0. The normalized spacial score (nSPS) is 4.20. The van der Waals surface area contributed by atoms with E-state index in [1.807, 2.05) is 101 Å². The van der Waals surface area contributed by atoms with Crippen molar-refractivity contribution in [3.63, 3.8) is 0 Å². The topological polar surface area (TPSA) is 34.1 Å². The molecule has 0 saturated heterocycles. The first-order valence-electron chi connectivity index (χ1n) is 18.5. The van der Waals surface area contributed by atoms with Crippen molar-refractivity contribution in [2.24, 2.45) is 41.4 Å². The van der Waals surface area contributed by atoms with E-state index in [-0.39, 0.29) is 1490 Å². The molecule has 0 aliphatic carbocycles. The Morgan fingerprint density at radius 3 is 0.305 bits per heavy atom. The Kier molecular flexibility index (Phi) is 1800. The first-order chi connectivity index (χ1) is 22.3. The van der Waals surface area contributed by atoms with Gasteiger partial charge in [0, 0.05) is 1470 Å². The van der Waals surface area contributed by atoms with E-state index in [9.17, 15) is 9.59 Å². The van der Waals surface area contributed by atoms with E-state index in [2.05, 4.69) is 110 Å². The molecule has 95 heavy (non-hydrogen) atoms. The van der Waals surface area contributed by atoms with Crippen LogP contribution in [0.25, 0.3) is 0 Å². The van der Waals surface area contributed by atoms with E-state index < -0.39 is 0 Å². The second-order valence-electron chi connectivity index (χ2n) is 13.4. The summed E-state index contributed by atoms with van der Waals surface area (Å²) in [6, 6.07) is 0. The van der Waals surface area contributed by atoms with Crippen molar-refractivity contribution < 1.29 is 1480 Å². The summed E-state index contributed by atoms with van der Waals surface area (Å²) in [5, 5.41) is 0. The largest absolute Gasteiger partial charge is 0.542 e. The summed E-state index contributed by atoms with van der Waals surface area (Å²) >= 11 is 0. The number of rotatable bonds is 5. The number of carbonyl (C=O) groups excluding carboxylic acids is 2. The van der Waals surface area contributed by atoms with E-state index in [0.717, 1.165) is 30.3 Å². The second-order valence-corrected chi connectivity index (χ2v) is 13.4. The monoisotopic (exact) mass is 4710 g/mol. The van der Waals surface area contributed by atoms with Crippen molar-refractivity contribution in [1.82, 2.24) is 0 Å². The van der Waals surface area contributed by atoms with Crippen LogP contribution in [0.1, 0.15) is 179 Å². The summed E-state index contributed by atoms with van der Waals surface area (Å²) in [5.74, 6) is 3.42. The molecule has 45 radical (unpaired) electrons. The van der Waals surface area contributed by atoms with Gasteiger partial charge in [-0.3, -0.25) is 12.6 Å². The van der Waals surface area contributed by atoms with Gasteiger partial charge < -0.3 is 76.8 Å². The first kappa shape index (κ1) is 398. The van der Waals surface area contributed by atoms with Crippen molar-refractivity contribution in [2.45, 2.75) is 179 Å². The van der Waals surface area contributed by atoms with E-state index >= 15 is 0 Å². The Balaban J connectivity index is -0.00000000270. The van der Waals surface area contributed by atoms with Gasteiger partial charge in [0.1, 0.15) is 0 Å². The van der Waals surface area contributed by atoms with Crippen LogP contribution in [-0.2, 0) is 1480 Å². The summed E-state index contributed by atoms with van der Waals surface area (Å²) in [6.07, 6.45) is 15.7. The first-order valence-corrected chi connectivity index (χ1v) is 18.5. The van der Waals surface area contributed by atoms with Crippen LogP contribution in [0, 0.1) is 116 Å². The summed E-state index contributed by atoms with van der Waals surface area (Å²) < 4.78 is 0. The van der Waals surface area contributed by atoms with Crippen molar-refractivity contribution in [3.8, 4) is 0 Å². The van der Waals surface area contributed by atoms with Crippen LogP contribution in [0.2, 0.25) is 0 Å². The molecule has 47 heteroatoms.